The third-order valence-corrected chi connectivity index (χ3v) is 5.15. The van der Waals surface area contributed by atoms with Crippen molar-refractivity contribution in [1.29, 1.82) is 0 Å². The second-order valence-electron chi connectivity index (χ2n) is 7.12. The summed E-state index contributed by atoms with van der Waals surface area (Å²) in [5, 5.41) is 7.67. The molecule has 146 valence electrons. The minimum Gasteiger partial charge on any atom is -0.324 e. The predicted octanol–water partition coefficient (Wildman–Crippen LogP) is 5.34. The molecule has 0 spiro atoms. The first-order chi connectivity index (χ1) is 13.4. The summed E-state index contributed by atoms with van der Waals surface area (Å²) in [6, 6.07) is 13.9. The maximum absolute atomic E-state index is 12.8. The van der Waals surface area contributed by atoms with Crippen molar-refractivity contribution in [3.63, 3.8) is 0 Å². The standard InChI is InChI=1S/C22H25BrN4O/c1-5-16-8-6-7-15(4)20(16)24-19(28)13-27-22(14(2)3)25-21(26-27)17-9-11-18(23)12-10-17/h6-12,14H,5,13H2,1-4H3,(H,24,28). The number of carbonyl (C=O) groups excluding carboxylic acids is 1. The Bertz CT molecular complexity index is 977. The molecule has 0 saturated carbocycles. The molecule has 1 N–H and O–H groups in total. The summed E-state index contributed by atoms with van der Waals surface area (Å²) in [7, 11) is 0. The molecule has 0 fully saturated rings. The van der Waals surface area contributed by atoms with Gasteiger partial charge in [-0.05, 0) is 36.6 Å². The average Bonchev–Trinajstić information content (AvgIpc) is 3.08. The Morgan fingerprint density at radius 3 is 2.54 bits per heavy atom. The van der Waals surface area contributed by atoms with Crippen LogP contribution in [0.3, 0.4) is 0 Å². The molecule has 2 aromatic carbocycles. The number of carbonyl (C=O) groups is 1. The molecule has 0 saturated heterocycles. The van der Waals surface area contributed by atoms with Gasteiger partial charge in [-0.2, -0.15) is 5.10 Å². The zero-order valence-corrected chi connectivity index (χ0v) is 18.2. The second kappa shape index (κ2) is 8.69. The van der Waals surface area contributed by atoms with Gasteiger partial charge in [-0.25, -0.2) is 9.67 Å². The Balaban J connectivity index is 1.85. The van der Waals surface area contributed by atoms with E-state index in [1.54, 1.807) is 4.68 Å². The van der Waals surface area contributed by atoms with Gasteiger partial charge in [0.2, 0.25) is 5.91 Å². The van der Waals surface area contributed by atoms with E-state index in [-0.39, 0.29) is 18.4 Å². The van der Waals surface area contributed by atoms with Crippen LogP contribution in [0.1, 0.15) is 43.6 Å². The average molecular weight is 441 g/mol. The molecular weight excluding hydrogens is 416 g/mol. The molecule has 5 nitrogen and oxygen atoms in total. The van der Waals surface area contributed by atoms with Gasteiger partial charge >= 0.3 is 0 Å². The third kappa shape index (κ3) is 4.50. The van der Waals surface area contributed by atoms with Crippen LogP contribution in [0.2, 0.25) is 0 Å². The molecule has 3 rings (SSSR count). The highest BCUT2D eigenvalue weighted by atomic mass is 79.9. The smallest absolute Gasteiger partial charge is 0.246 e. The predicted molar refractivity (Wildman–Crippen MR) is 116 cm³/mol. The van der Waals surface area contributed by atoms with Crippen LogP contribution in [0.5, 0.6) is 0 Å². The van der Waals surface area contributed by atoms with Crippen molar-refractivity contribution in [2.45, 2.75) is 46.6 Å². The quantitative estimate of drug-likeness (QED) is 0.562. The molecule has 0 atom stereocenters. The fourth-order valence-corrected chi connectivity index (χ4v) is 3.40. The maximum atomic E-state index is 12.8. The summed E-state index contributed by atoms with van der Waals surface area (Å²) in [6.45, 7) is 8.34. The van der Waals surface area contributed by atoms with E-state index in [0.29, 0.717) is 5.82 Å². The number of para-hydroxylation sites is 1. The van der Waals surface area contributed by atoms with Crippen LogP contribution in [0, 0.1) is 6.92 Å². The topological polar surface area (TPSA) is 59.8 Å². The van der Waals surface area contributed by atoms with Crippen LogP contribution < -0.4 is 5.32 Å². The van der Waals surface area contributed by atoms with Crippen LogP contribution in [0.25, 0.3) is 11.4 Å². The number of anilines is 1. The Kier molecular flexibility index (Phi) is 6.29. The molecule has 1 aromatic heterocycles. The first-order valence-corrected chi connectivity index (χ1v) is 10.3. The number of hydrogen-bond acceptors (Lipinski definition) is 3. The lowest BCUT2D eigenvalue weighted by Gasteiger charge is -2.14. The highest BCUT2D eigenvalue weighted by Gasteiger charge is 2.17. The van der Waals surface area contributed by atoms with Crippen LogP contribution in [0.15, 0.2) is 46.9 Å². The minimum absolute atomic E-state index is 0.0989. The van der Waals surface area contributed by atoms with Crippen molar-refractivity contribution in [2.75, 3.05) is 5.32 Å². The normalized spacial score (nSPS) is 11.1. The van der Waals surface area contributed by atoms with Crippen LogP contribution in [0.4, 0.5) is 5.69 Å². The lowest BCUT2D eigenvalue weighted by atomic mass is 10.1. The molecule has 0 aliphatic rings. The number of rotatable bonds is 6. The van der Waals surface area contributed by atoms with Gasteiger partial charge in [0, 0.05) is 21.6 Å². The van der Waals surface area contributed by atoms with Gasteiger partial charge in [0.25, 0.3) is 0 Å². The molecule has 28 heavy (non-hydrogen) atoms. The van der Waals surface area contributed by atoms with Crippen LogP contribution in [-0.4, -0.2) is 20.7 Å². The fraction of sp³-hybridized carbons (Fsp3) is 0.318. The summed E-state index contributed by atoms with van der Waals surface area (Å²) in [5.41, 5.74) is 4.02. The summed E-state index contributed by atoms with van der Waals surface area (Å²) in [6.07, 6.45) is 0.867. The van der Waals surface area contributed by atoms with Crippen molar-refractivity contribution in [2.24, 2.45) is 0 Å². The van der Waals surface area contributed by atoms with Crippen molar-refractivity contribution in [1.82, 2.24) is 14.8 Å². The number of amides is 1. The maximum Gasteiger partial charge on any atom is 0.246 e. The number of aryl methyl sites for hydroxylation is 2. The number of benzene rings is 2. The zero-order chi connectivity index (χ0) is 20.3. The van der Waals surface area contributed by atoms with Crippen molar-refractivity contribution < 1.29 is 4.79 Å². The Morgan fingerprint density at radius 1 is 1.18 bits per heavy atom. The Labute approximate surface area is 174 Å². The lowest BCUT2D eigenvalue weighted by molar-refractivity contribution is -0.117. The van der Waals surface area contributed by atoms with Gasteiger partial charge in [-0.1, -0.05) is 67.0 Å². The zero-order valence-electron chi connectivity index (χ0n) is 16.7. The Hall–Kier alpha value is -2.47. The monoisotopic (exact) mass is 440 g/mol. The number of halogens is 1. The number of nitrogens with one attached hydrogen (secondary N) is 1. The molecule has 6 heteroatoms. The van der Waals surface area contributed by atoms with Gasteiger partial charge in [0.15, 0.2) is 5.82 Å². The van der Waals surface area contributed by atoms with Gasteiger partial charge < -0.3 is 5.32 Å². The molecule has 0 unspecified atom stereocenters. The van der Waals surface area contributed by atoms with Crippen LogP contribution >= 0.6 is 15.9 Å². The van der Waals surface area contributed by atoms with Gasteiger partial charge in [0.1, 0.15) is 12.4 Å². The summed E-state index contributed by atoms with van der Waals surface area (Å²) < 4.78 is 2.71. The summed E-state index contributed by atoms with van der Waals surface area (Å²) >= 11 is 3.44. The van der Waals surface area contributed by atoms with Crippen molar-refractivity contribution >= 4 is 27.5 Å². The first kappa shape index (κ1) is 20.3. The van der Waals surface area contributed by atoms with E-state index in [4.69, 9.17) is 0 Å². The lowest BCUT2D eigenvalue weighted by Crippen LogP contribution is -2.22. The number of aromatic nitrogens is 3. The molecule has 0 bridgehead atoms. The van der Waals surface area contributed by atoms with Crippen molar-refractivity contribution in [3.8, 4) is 11.4 Å². The van der Waals surface area contributed by atoms with E-state index in [9.17, 15) is 4.79 Å². The molecule has 0 aliphatic carbocycles. The van der Waals surface area contributed by atoms with Gasteiger partial charge in [-0.3, -0.25) is 4.79 Å². The molecule has 0 aliphatic heterocycles. The summed E-state index contributed by atoms with van der Waals surface area (Å²) in [5.74, 6) is 1.50. The molecule has 1 amide bonds. The molecule has 0 radical (unpaired) electrons. The molecule has 1 heterocycles. The highest BCUT2D eigenvalue weighted by Crippen LogP contribution is 2.23. The minimum atomic E-state index is -0.0989. The van der Waals surface area contributed by atoms with Crippen LogP contribution in [-0.2, 0) is 17.8 Å². The third-order valence-electron chi connectivity index (χ3n) is 4.62. The number of nitrogens with zero attached hydrogens (tertiary/aromatic N) is 3. The van der Waals surface area contributed by atoms with E-state index < -0.39 is 0 Å². The van der Waals surface area contributed by atoms with Crippen molar-refractivity contribution in [3.05, 3.63) is 63.9 Å². The molecule has 3 aromatic rings. The van der Waals surface area contributed by atoms with E-state index in [2.05, 4.69) is 52.1 Å². The fourth-order valence-electron chi connectivity index (χ4n) is 3.14. The van der Waals surface area contributed by atoms with E-state index in [1.807, 2.05) is 49.4 Å². The second-order valence-corrected chi connectivity index (χ2v) is 8.04. The van der Waals surface area contributed by atoms with E-state index in [0.717, 1.165) is 39.1 Å². The Morgan fingerprint density at radius 2 is 1.89 bits per heavy atom. The van der Waals surface area contributed by atoms with Gasteiger partial charge in [0.05, 0.1) is 0 Å². The largest absolute Gasteiger partial charge is 0.324 e. The SMILES string of the molecule is CCc1cccc(C)c1NC(=O)Cn1nc(-c2ccc(Br)cc2)nc1C(C)C. The first-order valence-electron chi connectivity index (χ1n) is 9.48. The van der Waals surface area contributed by atoms with Gasteiger partial charge in [-0.15, -0.1) is 0 Å². The highest BCUT2D eigenvalue weighted by molar-refractivity contribution is 9.10. The van der Waals surface area contributed by atoms with E-state index in [1.165, 1.54) is 0 Å². The van der Waals surface area contributed by atoms with E-state index >= 15 is 0 Å². The summed E-state index contributed by atoms with van der Waals surface area (Å²) in [4.78, 5) is 17.4. The number of hydrogen-bond donors (Lipinski definition) is 1. The molecular formula is C22H25BrN4O.